The van der Waals surface area contributed by atoms with E-state index < -0.39 is 33.9 Å². The summed E-state index contributed by atoms with van der Waals surface area (Å²) in [6.45, 7) is 1.45. The van der Waals surface area contributed by atoms with E-state index in [-0.39, 0.29) is 14.9 Å². The molecule has 0 fully saturated rings. The Labute approximate surface area is 105 Å². The van der Waals surface area contributed by atoms with Gasteiger partial charge in [0.25, 0.3) is 0 Å². The van der Waals surface area contributed by atoms with Crippen LogP contribution in [0.15, 0.2) is 16.2 Å². The standard InChI is InChI=1S/C9H7F3N2O2S2/c1-5-7(4-13)17-9(14-5)18(15,16)3-2-6(10)8(11)12/h2-3H2,1H3. The summed E-state index contributed by atoms with van der Waals surface area (Å²) in [7, 11) is -3.95. The van der Waals surface area contributed by atoms with Crippen LogP contribution in [0.25, 0.3) is 0 Å². The van der Waals surface area contributed by atoms with Gasteiger partial charge in [0.15, 0.2) is 5.83 Å². The molecule has 1 rings (SSSR count). The maximum atomic E-state index is 12.5. The molecule has 0 aliphatic carbocycles. The Balaban J connectivity index is 2.94. The smallest absolute Gasteiger partial charge is 0.229 e. The first-order valence-corrected chi connectivity index (χ1v) is 7.04. The lowest BCUT2D eigenvalue weighted by Crippen LogP contribution is -2.07. The quantitative estimate of drug-likeness (QED) is 0.856. The molecule has 0 radical (unpaired) electrons. The molecule has 0 N–H and O–H groups in total. The highest BCUT2D eigenvalue weighted by molar-refractivity contribution is 7.93. The van der Waals surface area contributed by atoms with E-state index in [9.17, 15) is 21.6 Å². The van der Waals surface area contributed by atoms with Gasteiger partial charge in [-0.1, -0.05) is 11.3 Å². The first kappa shape index (κ1) is 14.7. The highest BCUT2D eigenvalue weighted by Crippen LogP contribution is 2.24. The summed E-state index contributed by atoms with van der Waals surface area (Å²) in [6.07, 6.45) is -3.44. The van der Waals surface area contributed by atoms with E-state index in [0.29, 0.717) is 11.3 Å². The third kappa shape index (κ3) is 3.30. The molecular weight excluding hydrogens is 289 g/mol. The number of rotatable bonds is 4. The monoisotopic (exact) mass is 296 g/mol. The van der Waals surface area contributed by atoms with Gasteiger partial charge in [-0.15, -0.1) is 0 Å². The average molecular weight is 296 g/mol. The number of hydrogen-bond donors (Lipinski definition) is 0. The van der Waals surface area contributed by atoms with Crippen molar-refractivity contribution in [2.45, 2.75) is 17.7 Å². The molecule has 0 saturated carbocycles. The Morgan fingerprint density at radius 1 is 1.44 bits per heavy atom. The van der Waals surface area contributed by atoms with Crippen LogP contribution in [0.1, 0.15) is 17.0 Å². The number of aryl methyl sites for hydroxylation is 1. The number of sulfone groups is 1. The summed E-state index contributed by atoms with van der Waals surface area (Å²) in [6, 6.07) is 1.76. The normalized spacial score (nSPS) is 11.1. The molecule has 0 aliphatic heterocycles. The fourth-order valence-electron chi connectivity index (χ4n) is 1.01. The molecule has 0 saturated heterocycles. The van der Waals surface area contributed by atoms with Crippen molar-refractivity contribution >= 4 is 21.2 Å². The predicted molar refractivity (Wildman–Crippen MR) is 58.6 cm³/mol. The van der Waals surface area contributed by atoms with Crippen molar-refractivity contribution in [1.29, 1.82) is 5.26 Å². The zero-order valence-electron chi connectivity index (χ0n) is 9.08. The van der Waals surface area contributed by atoms with Crippen LogP contribution in [-0.4, -0.2) is 19.2 Å². The minimum atomic E-state index is -3.95. The van der Waals surface area contributed by atoms with Crippen molar-refractivity contribution < 1.29 is 21.6 Å². The van der Waals surface area contributed by atoms with E-state index in [1.54, 1.807) is 6.07 Å². The van der Waals surface area contributed by atoms with Crippen molar-refractivity contribution in [3.63, 3.8) is 0 Å². The van der Waals surface area contributed by atoms with Gasteiger partial charge >= 0.3 is 6.08 Å². The Bertz CT molecular complexity index is 625. The minimum Gasteiger partial charge on any atom is -0.229 e. The first-order chi connectivity index (χ1) is 8.27. The van der Waals surface area contributed by atoms with Gasteiger partial charge in [-0.3, -0.25) is 0 Å². The predicted octanol–water partition coefficient (Wildman–Crippen LogP) is 2.56. The summed E-state index contributed by atoms with van der Waals surface area (Å²) in [5.74, 6) is -2.57. The Morgan fingerprint density at radius 2 is 2.06 bits per heavy atom. The van der Waals surface area contributed by atoms with E-state index in [4.69, 9.17) is 5.26 Å². The van der Waals surface area contributed by atoms with Crippen molar-refractivity contribution in [3.8, 4) is 6.07 Å². The summed E-state index contributed by atoms with van der Waals surface area (Å²) in [4.78, 5) is 3.78. The van der Waals surface area contributed by atoms with Crippen LogP contribution in [0, 0.1) is 18.3 Å². The van der Waals surface area contributed by atoms with Crippen LogP contribution < -0.4 is 0 Å². The van der Waals surface area contributed by atoms with Crippen molar-refractivity contribution in [3.05, 3.63) is 22.5 Å². The molecule has 0 unspecified atom stereocenters. The van der Waals surface area contributed by atoms with E-state index in [0.717, 1.165) is 0 Å². The number of nitriles is 1. The Morgan fingerprint density at radius 3 is 2.50 bits per heavy atom. The molecule has 4 nitrogen and oxygen atoms in total. The molecule has 0 aliphatic rings. The Hall–Kier alpha value is -1.40. The molecule has 0 spiro atoms. The average Bonchev–Trinajstić information content (AvgIpc) is 2.68. The largest absolute Gasteiger partial charge is 0.301 e. The highest BCUT2D eigenvalue weighted by atomic mass is 32.2. The lowest BCUT2D eigenvalue weighted by Gasteiger charge is -1.98. The number of aromatic nitrogens is 1. The van der Waals surface area contributed by atoms with Gasteiger partial charge in [-0.25, -0.2) is 17.8 Å². The molecule has 0 amide bonds. The lowest BCUT2D eigenvalue weighted by atomic mass is 10.4. The first-order valence-electron chi connectivity index (χ1n) is 4.58. The van der Waals surface area contributed by atoms with E-state index >= 15 is 0 Å². The number of halogens is 3. The number of nitrogens with zero attached hydrogens (tertiary/aromatic N) is 2. The molecular formula is C9H7F3N2O2S2. The van der Waals surface area contributed by atoms with Crippen LogP contribution in [0.4, 0.5) is 13.2 Å². The second-order valence-corrected chi connectivity index (χ2v) is 6.52. The summed E-state index contributed by atoms with van der Waals surface area (Å²) < 4.78 is 59.0. The molecule has 1 aromatic rings. The third-order valence-electron chi connectivity index (χ3n) is 1.94. The highest BCUT2D eigenvalue weighted by Gasteiger charge is 2.22. The molecule has 0 aromatic carbocycles. The van der Waals surface area contributed by atoms with Gasteiger partial charge in [0, 0.05) is 6.42 Å². The topological polar surface area (TPSA) is 70.8 Å². The van der Waals surface area contributed by atoms with Gasteiger partial charge < -0.3 is 0 Å². The fourth-order valence-corrected chi connectivity index (χ4v) is 3.52. The maximum Gasteiger partial charge on any atom is 0.301 e. The number of hydrogen-bond acceptors (Lipinski definition) is 5. The Kier molecular flexibility index (Phi) is 4.48. The molecule has 18 heavy (non-hydrogen) atoms. The van der Waals surface area contributed by atoms with Crippen LogP contribution in [-0.2, 0) is 9.84 Å². The minimum absolute atomic E-state index is 0.126. The second kappa shape index (κ2) is 5.49. The number of allylic oxidation sites excluding steroid dienone is 1. The van der Waals surface area contributed by atoms with Crippen molar-refractivity contribution in [1.82, 2.24) is 4.98 Å². The van der Waals surface area contributed by atoms with Crippen LogP contribution >= 0.6 is 11.3 Å². The van der Waals surface area contributed by atoms with Crippen LogP contribution in [0.5, 0.6) is 0 Å². The summed E-state index contributed by atoms with van der Waals surface area (Å²) in [5, 5.41) is 8.65. The molecule has 98 valence electrons. The van der Waals surface area contributed by atoms with E-state index in [2.05, 4.69) is 4.98 Å². The molecule has 9 heteroatoms. The SMILES string of the molecule is Cc1nc(S(=O)(=O)CCC(F)=C(F)F)sc1C#N. The summed E-state index contributed by atoms with van der Waals surface area (Å²) >= 11 is 0.640. The maximum absolute atomic E-state index is 12.5. The summed E-state index contributed by atoms with van der Waals surface area (Å²) in [5.41, 5.74) is 0.244. The van der Waals surface area contributed by atoms with Crippen molar-refractivity contribution in [2.75, 3.05) is 5.75 Å². The fraction of sp³-hybridized carbons (Fsp3) is 0.333. The van der Waals surface area contributed by atoms with Crippen molar-refractivity contribution in [2.24, 2.45) is 0 Å². The molecule has 0 bridgehead atoms. The second-order valence-electron chi connectivity index (χ2n) is 3.24. The molecule has 1 aromatic heterocycles. The zero-order chi connectivity index (χ0) is 13.9. The van der Waals surface area contributed by atoms with Crippen LogP contribution in [0.2, 0.25) is 0 Å². The van der Waals surface area contributed by atoms with E-state index in [1.807, 2.05) is 0 Å². The van der Waals surface area contributed by atoms with Gasteiger partial charge in [-0.2, -0.15) is 14.0 Å². The lowest BCUT2D eigenvalue weighted by molar-refractivity contribution is 0.373. The van der Waals surface area contributed by atoms with E-state index in [1.165, 1.54) is 6.92 Å². The molecule has 0 atom stereocenters. The number of thiazole rings is 1. The third-order valence-corrected chi connectivity index (χ3v) is 5.17. The van der Waals surface area contributed by atoms with Gasteiger partial charge in [0.1, 0.15) is 10.9 Å². The van der Waals surface area contributed by atoms with Gasteiger partial charge in [-0.05, 0) is 6.92 Å². The zero-order valence-corrected chi connectivity index (χ0v) is 10.7. The molecule has 1 heterocycles. The van der Waals surface area contributed by atoms with Gasteiger partial charge in [0.05, 0.1) is 11.4 Å². The van der Waals surface area contributed by atoms with Crippen LogP contribution in [0.3, 0.4) is 0 Å². The van der Waals surface area contributed by atoms with Gasteiger partial charge in [0.2, 0.25) is 14.2 Å².